The lowest BCUT2D eigenvalue weighted by molar-refractivity contribution is -0.142. The molecule has 4 rings (SSSR count). The quantitative estimate of drug-likeness (QED) is 0.366. The molecule has 8 heteroatoms. The number of nitrogens with zero attached hydrogens (tertiary/aromatic N) is 2. The largest absolute Gasteiger partial charge is 0.490 e. The van der Waals surface area contributed by atoms with Gasteiger partial charge in [0.2, 0.25) is 0 Å². The number of nitriles is 1. The fraction of sp³-hybridized carbons (Fsp3) is 0.321. The molecule has 1 unspecified atom stereocenters. The molecule has 0 bridgehead atoms. The second-order valence-corrected chi connectivity index (χ2v) is 8.95. The SMILES string of the molecule is CCOc1cc(/C=C2/C(=O)N(CC3CCCO3)C(=O)C(C#N)=C2C)ccc1OCc1ccccc1Cl. The topological polar surface area (TPSA) is 88.9 Å². The van der Waals surface area contributed by atoms with Crippen molar-refractivity contribution in [3.8, 4) is 17.6 Å². The van der Waals surface area contributed by atoms with Gasteiger partial charge >= 0.3 is 0 Å². The molecule has 2 heterocycles. The van der Waals surface area contributed by atoms with Crippen LogP contribution in [0, 0.1) is 11.3 Å². The highest BCUT2D eigenvalue weighted by atomic mass is 35.5. The van der Waals surface area contributed by atoms with Crippen LogP contribution in [0.25, 0.3) is 6.08 Å². The average Bonchev–Trinajstić information content (AvgIpc) is 3.39. The second-order valence-electron chi connectivity index (χ2n) is 8.55. The van der Waals surface area contributed by atoms with Gasteiger partial charge in [-0.25, -0.2) is 0 Å². The first-order chi connectivity index (χ1) is 17.4. The molecule has 0 saturated carbocycles. The Bertz CT molecular complexity index is 1270. The zero-order chi connectivity index (χ0) is 25.7. The minimum atomic E-state index is -0.578. The van der Waals surface area contributed by atoms with Gasteiger partial charge in [0.1, 0.15) is 18.2 Å². The monoisotopic (exact) mass is 506 g/mol. The van der Waals surface area contributed by atoms with Crippen molar-refractivity contribution in [1.82, 2.24) is 4.90 Å². The summed E-state index contributed by atoms with van der Waals surface area (Å²) in [6.07, 6.45) is 3.11. The summed E-state index contributed by atoms with van der Waals surface area (Å²) in [5.74, 6) is 0.0284. The van der Waals surface area contributed by atoms with Crippen molar-refractivity contribution in [3.05, 3.63) is 75.3 Å². The van der Waals surface area contributed by atoms with Crippen LogP contribution >= 0.6 is 11.6 Å². The number of carbonyl (C=O) groups excluding carboxylic acids is 2. The van der Waals surface area contributed by atoms with Crippen LogP contribution < -0.4 is 9.47 Å². The zero-order valence-electron chi connectivity index (χ0n) is 20.3. The number of benzene rings is 2. The lowest BCUT2D eigenvalue weighted by Gasteiger charge is -2.29. The Morgan fingerprint density at radius 3 is 2.67 bits per heavy atom. The number of hydrogen-bond donors (Lipinski definition) is 0. The van der Waals surface area contributed by atoms with E-state index in [2.05, 4.69) is 0 Å². The van der Waals surface area contributed by atoms with Crippen molar-refractivity contribution >= 4 is 29.5 Å². The summed E-state index contributed by atoms with van der Waals surface area (Å²) in [7, 11) is 0. The molecule has 2 aromatic carbocycles. The fourth-order valence-electron chi connectivity index (χ4n) is 4.23. The molecule has 2 aliphatic rings. The van der Waals surface area contributed by atoms with Gasteiger partial charge in [-0.15, -0.1) is 0 Å². The van der Waals surface area contributed by atoms with Crippen molar-refractivity contribution < 1.29 is 23.8 Å². The Kier molecular flexibility index (Phi) is 8.09. The molecule has 0 radical (unpaired) electrons. The first kappa shape index (κ1) is 25.5. The van der Waals surface area contributed by atoms with Crippen LogP contribution in [0.5, 0.6) is 11.5 Å². The minimum absolute atomic E-state index is 0.0384. The van der Waals surface area contributed by atoms with Crippen LogP contribution in [-0.4, -0.2) is 42.6 Å². The number of amides is 2. The highest BCUT2D eigenvalue weighted by molar-refractivity contribution is 6.31. The van der Waals surface area contributed by atoms with Crippen LogP contribution in [0.1, 0.15) is 37.8 Å². The van der Waals surface area contributed by atoms with Crippen molar-refractivity contribution in [2.75, 3.05) is 19.8 Å². The average molecular weight is 507 g/mol. The highest BCUT2D eigenvalue weighted by Gasteiger charge is 2.37. The third kappa shape index (κ3) is 5.46. The van der Waals surface area contributed by atoms with Crippen molar-refractivity contribution in [2.45, 2.75) is 39.4 Å². The molecule has 1 fully saturated rings. The fourth-order valence-corrected chi connectivity index (χ4v) is 4.42. The lowest BCUT2D eigenvalue weighted by atomic mass is 9.93. The zero-order valence-corrected chi connectivity index (χ0v) is 21.0. The third-order valence-corrected chi connectivity index (χ3v) is 6.52. The number of carbonyl (C=O) groups is 2. The maximum Gasteiger partial charge on any atom is 0.271 e. The molecule has 7 nitrogen and oxygen atoms in total. The first-order valence-electron chi connectivity index (χ1n) is 11.9. The maximum absolute atomic E-state index is 13.3. The molecule has 36 heavy (non-hydrogen) atoms. The van der Waals surface area contributed by atoms with E-state index in [4.69, 9.17) is 25.8 Å². The normalized spacial score (nSPS) is 19.1. The summed E-state index contributed by atoms with van der Waals surface area (Å²) in [6.45, 7) is 4.92. The summed E-state index contributed by atoms with van der Waals surface area (Å²) in [4.78, 5) is 27.3. The van der Waals surface area contributed by atoms with Crippen molar-refractivity contribution in [1.29, 1.82) is 5.26 Å². The van der Waals surface area contributed by atoms with Gasteiger partial charge in [-0.05, 0) is 62.1 Å². The van der Waals surface area contributed by atoms with Gasteiger partial charge in [0.15, 0.2) is 11.5 Å². The Morgan fingerprint density at radius 2 is 1.97 bits per heavy atom. The minimum Gasteiger partial charge on any atom is -0.490 e. The van der Waals surface area contributed by atoms with E-state index in [0.29, 0.717) is 40.9 Å². The highest BCUT2D eigenvalue weighted by Crippen LogP contribution is 2.33. The Morgan fingerprint density at radius 1 is 1.17 bits per heavy atom. The number of ether oxygens (including phenoxy) is 3. The Hall–Kier alpha value is -3.60. The van der Waals surface area contributed by atoms with Gasteiger partial charge < -0.3 is 14.2 Å². The molecule has 0 spiro atoms. The number of hydrogen-bond acceptors (Lipinski definition) is 6. The van der Waals surface area contributed by atoms with E-state index < -0.39 is 11.8 Å². The van der Waals surface area contributed by atoms with E-state index in [1.165, 1.54) is 0 Å². The van der Waals surface area contributed by atoms with Crippen LogP contribution in [0.3, 0.4) is 0 Å². The van der Waals surface area contributed by atoms with Gasteiger partial charge in [0, 0.05) is 22.8 Å². The molecule has 1 atom stereocenters. The van der Waals surface area contributed by atoms with E-state index in [1.54, 1.807) is 37.3 Å². The molecule has 0 N–H and O–H groups in total. The second kappa shape index (κ2) is 11.4. The predicted octanol–water partition coefficient (Wildman–Crippen LogP) is 5.09. The van der Waals surface area contributed by atoms with Crippen LogP contribution in [0.15, 0.2) is 59.2 Å². The summed E-state index contributed by atoms with van der Waals surface area (Å²) >= 11 is 6.24. The van der Waals surface area contributed by atoms with Gasteiger partial charge in [0.05, 0.1) is 19.3 Å². The van der Waals surface area contributed by atoms with E-state index in [-0.39, 0.29) is 30.4 Å². The molecule has 1 saturated heterocycles. The maximum atomic E-state index is 13.3. The van der Waals surface area contributed by atoms with Gasteiger partial charge in [-0.3, -0.25) is 14.5 Å². The summed E-state index contributed by atoms with van der Waals surface area (Å²) in [6, 6.07) is 14.7. The molecule has 2 aromatic rings. The van der Waals surface area contributed by atoms with Gasteiger partial charge in [-0.2, -0.15) is 5.26 Å². The number of rotatable bonds is 8. The number of imide groups is 1. The predicted molar refractivity (Wildman–Crippen MR) is 135 cm³/mol. The van der Waals surface area contributed by atoms with Crippen molar-refractivity contribution in [2.24, 2.45) is 0 Å². The molecule has 0 aliphatic carbocycles. The molecular formula is C28H27ClN2O5. The van der Waals surface area contributed by atoms with Crippen LogP contribution in [0.4, 0.5) is 0 Å². The van der Waals surface area contributed by atoms with E-state index in [9.17, 15) is 14.9 Å². The molecule has 0 aromatic heterocycles. The van der Waals surface area contributed by atoms with E-state index in [1.807, 2.05) is 31.2 Å². The Balaban J connectivity index is 1.63. The first-order valence-corrected chi connectivity index (χ1v) is 12.2. The molecule has 2 amide bonds. The van der Waals surface area contributed by atoms with Crippen LogP contribution in [-0.2, 0) is 20.9 Å². The lowest BCUT2D eigenvalue weighted by Crippen LogP contribution is -2.46. The van der Waals surface area contributed by atoms with Crippen LogP contribution in [0.2, 0.25) is 5.02 Å². The Labute approximate surface area is 215 Å². The smallest absolute Gasteiger partial charge is 0.271 e. The third-order valence-electron chi connectivity index (χ3n) is 6.16. The van der Waals surface area contributed by atoms with E-state index in [0.717, 1.165) is 23.3 Å². The summed E-state index contributed by atoms with van der Waals surface area (Å²) < 4.78 is 17.4. The molecular weight excluding hydrogens is 480 g/mol. The molecule has 2 aliphatic heterocycles. The standard InChI is InChI=1S/C28H27ClN2O5/c1-3-34-26-14-19(10-11-25(26)36-17-20-7-4-5-9-24(20)29)13-22-18(2)23(15-30)28(33)31(27(22)32)16-21-8-6-12-35-21/h4-5,7,9-11,13-14,21H,3,6,8,12,16-17H2,1-2H3/b22-13+. The molecule has 186 valence electrons. The summed E-state index contributed by atoms with van der Waals surface area (Å²) in [5.41, 5.74) is 2.13. The van der Waals surface area contributed by atoms with E-state index >= 15 is 0 Å². The van der Waals surface area contributed by atoms with Gasteiger partial charge in [-0.1, -0.05) is 35.9 Å². The number of halogens is 1. The van der Waals surface area contributed by atoms with Crippen molar-refractivity contribution in [3.63, 3.8) is 0 Å². The summed E-state index contributed by atoms with van der Waals surface area (Å²) in [5, 5.41) is 10.2. The van der Waals surface area contributed by atoms with Gasteiger partial charge in [0.25, 0.3) is 11.8 Å².